The first-order valence-corrected chi connectivity index (χ1v) is 9.05. The molecule has 0 amide bonds. The number of hydrogen-bond donors (Lipinski definition) is 1. The second-order valence-electron chi connectivity index (χ2n) is 6.84. The number of anilines is 1. The molecule has 4 nitrogen and oxygen atoms in total. The van der Waals surface area contributed by atoms with Crippen LogP contribution in [0.1, 0.15) is 24.1 Å². The number of ether oxygens (including phenoxy) is 1. The van der Waals surface area contributed by atoms with Crippen LogP contribution in [0.25, 0.3) is 0 Å². The van der Waals surface area contributed by atoms with E-state index >= 15 is 0 Å². The van der Waals surface area contributed by atoms with Crippen LogP contribution >= 0.6 is 0 Å². The molecule has 1 heterocycles. The van der Waals surface area contributed by atoms with Crippen molar-refractivity contribution in [3.05, 3.63) is 59.7 Å². The molecule has 2 aromatic rings. The minimum atomic E-state index is 0.313. The highest BCUT2D eigenvalue weighted by Gasteiger charge is 2.14. The van der Waals surface area contributed by atoms with E-state index in [1.165, 1.54) is 16.8 Å². The maximum atomic E-state index is 5.29. The fourth-order valence-electron chi connectivity index (χ4n) is 3.21. The van der Waals surface area contributed by atoms with Gasteiger partial charge in [-0.15, -0.1) is 0 Å². The maximum Gasteiger partial charge on any atom is 0.119 e. The number of nitrogens with zero attached hydrogens (tertiary/aromatic N) is 2. The Hall–Kier alpha value is -2.04. The highest BCUT2D eigenvalue weighted by Crippen LogP contribution is 2.21. The number of rotatable bonds is 6. The number of methoxy groups -OCH3 is 1. The van der Waals surface area contributed by atoms with Crippen molar-refractivity contribution in [3.63, 3.8) is 0 Å². The number of nitrogens with one attached hydrogen (secondary N) is 1. The Morgan fingerprint density at radius 2 is 1.76 bits per heavy atom. The summed E-state index contributed by atoms with van der Waals surface area (Å²) >= 11 is 0. The summed E-state index contributed by atoms with van der Waals surface area (Å²) in [4.78, 5) is 4.85. The van der Waals surface area contributed by atoms with E-state index in [2.05, 4.69) is 65.5 Å². The number of piperazine rings is 1. The second kappa shape index (κ2) is 8.37. The highest BCUT2D eigenvalue weighted by atomic mass is 16.5. The first-order chi connectivity index (χ1) is 12.2. The molecule has 3 rings (SSSR count). The van der Waals surface area contributed by atoms with Crippen molar-refractivity contribution in [2.75, 3.05) is 45.2 Å². The molecule has 0 aromatic heterocycles. The maximum absolute atomic E-state index is 5.29. The van der Waals surface area contributed by atoms with Crippen molar-refractivity contribution in [1.29, 1.82) is 0 Å². The molecule has 134 valence electrons. The SMILES string of the molecule is COc1cccc(CN[C@@H](C)c2ccc(N3CCN(C)CC3)cc2)c1. The van der Waals surface area contributed by atoms with Gasteiger partial charge in [0, 0.05) is 44.5 Å². The lowest BCUT2D eigenvalue weighted by Gasteiger charge is -2.34. The summed E-state index contributed by atoms with van der Waals surface area (Å²) < 4.78 is 5.29. The first kappa shape index (κ1) is 17.8. The molecule has 1 aliphatic rings. The predicted octanol–water partition coefficient (Wildman–Crippen LogP) is 3.30. The molecule has 0 spiro atoms. The molecule has 0 unspecified atom stereocenters. The summed E-state index contributed by atoms with van der Waals surface area (Å²) in [6.45, 7) is 7.54. The van der Waals surface area contributed by atoms with Crippen molar-refractivity contribution >= 4 is 5.69 Å². The van der Waals surface area contributed by atoms with Crippen molar-refractivity contribution in [1.82, 2.24) is 10.2 Å². The van der Waals surface area contributed by atoms with E-state index < -0.39 is 0 Å². The van der Waals surface area contributed by atoms with E-state index in [0.717, 1.165) is 38.5 Å². The van der Waals surface area contributed by atoms with Gasteiger partial charge in [0.05, 0.1) is 7.11 Å². The average Bonchev–Trinajstić information content (AvgIpc) is 2.67. The van der Waals surface area contributed by atoms with Crippen molar-refractivity contribution in [2.24, 2.45) is 0 Å². The third-order valence-corrected chi connectivity index (χ3v) is 5.01. The number of likely N-dealkylation sites (N-methyl/N-ethyl adjacent to an activating group) is 1. The van der Waals surface area contributed by atoms with Crippen LogP contribution in [0, 0.1) is 0 Å². The minimum absolute atomic E-state index is 0.313. The van der Waals surface area contributed by atoms with E-state index in [-0.39, 0.29) is 0 Å². The molecule has 0 radical (unpaired) electrons. The van der Waals surface area contributed by atoms with E-state index in [4.69, 9.17) is 4.74 Å². The van der Waals surface area contributed by atoms with Crippen LogP contribution in [0.3, 0.4) is 0 Å². The van der Waals surface area contributed by atoms with Crippen molar-refractivity contribution in [2.45, 2.75) is 19.5 Å². The molecule has 1 aliphatic heterocycles. The second-order valence-corrected chi connectivity index (χ2v) is 6.84. The molecule has 2 aromatic carbocycles. The van der Waals surface area contributed by atoms with Crippen LogP contribution in [-0.4, -0.2) is 45.2 Å². The van der Waals surface area contributed by atoms with Crippen LogP contribution in [0.5, 0.6) is 5.75 Å². The fraction of sp³-hybridized carbons (Fsp3) is 0.429. The van der Waals surface area contributed by atoms with Gasteiger partial charge in [-0.3, -0.25) is 0 Å². The van der Waals surface area contributed by atoms with Crippen LogP contribution in [0.4, 0.5) is 5.69 Å². The van der Waals surface area contributed by atoms with Crippen LogP contribution in [0.2, 0.25) is 0 Å². The smallest absolute Gasteiger partial charge is 0.119 e. The normalized spacial score (nSPS) is 16.7. The molecule has 1 saturated heterocycles. The molecule has 0 saturated carbocycles. The van der Waals surface area contributed by atoms with Crippen molar-refractivity contribution in [3.8, 4) is 5.75 Å². The van der Waals surface area contributed by atoms with Gasteiger partial charge in [-0.05, 0) is 49.4 Å². The van der Waals surface area contributed by atoms with Crippen LogP contribution < -0.4 is 15.0 Å². The Morgan fingerprint density at radius 3 is 2.44 bits per heavy atom. The lowest BCUT2D eigenvalue weighted by atomic mass is 10.1. The summed E-state index contributed by atoms with van der Waals surface area (Å²) in [5.74, 6) is 0.906. The third kappa shape index (κ3) is 4.74. The molecule has 0 aliphatic carbocycles. The minimum Gasteiger partial charge on any atom is -0.497 e. The Morgan fingerprint density at radius 1 is 1.04 bits per heavy atom. The van der Waals surface area contributed by atoms with Gasteiger partial charge in [0.1, 0.15) is 5.75 Å². The lowest BCUT2D eigenvalue weighted by Crippen LogP contribution is -2.44. The Balaban J connectivity index is 1.56. The van der Waals surface area contributed by atoms with Gasteiger partial charge in [-0.1, -0.05) is 24.3 Å². The summed E-state index contributed by atoms with van der Waals surface area (Å²) in [7, 11) is 3.90. The quantitative estimate of drug-likeness (QED) is 0.874. The van der Waals surface area contributed by atoms with E-state index in [1.54, 1.807) is 7.11 Å². The molecule has 25 heavy (non-hydrogen) atoms. The fourth-order valence-corrected chi connectivity index (χ4v) is 3.21. The summed E-state index contributed by atoms with van der Waals surface area (Å²) in [5.41, 5.74) is 3.89. The van der Waals surface area contributed by atoms with Gasteiger partial charge in [-0.2, -0.15) is 0 Å². The molecule has 0 bridgehead atoms. The monoisotopic (exact) mass is 339 g/mol. The topological polar surface area (TPSA) is 27.7 Å². The zero-order valence-corrected chi connectivity index (χ0v) is 15.5. The van der Waals surface area contributed by atoms with Gasteiger partial charge >= 0.3 is 0 Å². The van der Waals surface area contributed by atoms with Gasteiger partial charge in [0.15, 0.2) is 0 Å². The summed E-state index contributed by atoms with van der Waals surface area (Å²) in [6.07, 6.45) is 0. The molecular formula is C21H29N3O. The van der Waals surface area contributed by atoms with Gasteiger partial charge in [0.2, 0.25) is 0 Å². The van der Waals surface area contributed by atoms with Gasteiger partial charge in [0.25, 0.3) is 0 Å². The summed E-state index contributed by atoms with van der Waals surface area (Å²) in [6, 6.07) is 17.5. The van der Waals surface area contributed by atoms with Crippen molar-refractivity contribution < 1.29 is 4.74 Å². The highest BCUT2D eigenvalue weighted by molar-refractivity contribution is 5.48. The molecule has 1 atom stereocenters. The Labute approximate surface area is 151 Å². The van der Waals surface area contributed by atoms with Crippen LogP contribution in [-0.2, 0) is 6.54 Å². The predicted molar refractivity (Wildman–Crippen MR) is 104 cm³/mol. The number of benzene rings is 2. The largest absolute Gasteiger partial charge is 0.497 e. The standard InChI is InChI=1S/C21H29N3O/c1-17(22-16-18-5-4-6-21(15-18)25-3)19-7-9-20(10-8-19)24-13-11-23(2)12-14-24/h4-10,15,17,22H,11-14,16H2,1-3H3/t17-/m0/s1. The third-order valence-electron chi connectivity index (χ3n) is 5.01. The zero-order valence-electron chi connectivity index (χ0n) is 15.5. The lowest BCUT2D eigenvalue weighted by molar-refractivity contribution is 0.313. The summed E-state index contributed by atoms with van der Waals surface area (Å²) in [5, 5.41) is 3.60. The van der Waals surface area contributed by atoms with E-state index in [1.807, 2.05) is 12.1 Å². The molecule has 1 fully saturated rings. The molecule has 1 N–H and O–H groups in total. The van der Waals surface area contributed by atoms with E-state index in [9.17, 15) is 0 Å². The number of hydrogen-bond acceptors (Lipinski definition) is 4. The molecule has 4 heteroatoms. The Bertz CT molecular complexity index is 663. The Kier molecular flexibility index (Phi) is 5.95. The van der Waals surface area contributed by atoms with E-state index in [0.29, 0.717) is 6.04 Å². The average molecular weight is 339 g/mol. The zero-order chi connectivity index (χ0) is 17.6. The van der Waals surface area contributed by atoms with Crippen LogP contribution in [0.15, 0.2) is 48.5 Å². The van der Waals surface area contributed by atoms with Gasteiger partial charge < -0.3 is 19.9 Å². The molecular weight excluding hydrogens is 310 g/mol. The van der Waals surface area contributed by atoms with Gasteiger partial charge in [-0.25, -0.2) is 0 Å². The first-order valence-electron chi connectivity index (χ1n) is 9.05.